The SMILES string of the molecule is CCOC(=O)/C(O)=C/c1ccc(OCc2ccc(C(F)(F)F)cc2)cn1. The van der Waals surface area contributed by atoms with Gasteiger partial charge in [0.05, 0.1) is 24.1 Å². The minimum absolute atomic E-state index is 0.0725. The van der Waals surface area contributed by atoms with Crippen LogP contribution in [0.3, 0.4) is 0 Å². The standard InChI is InChI=1S/C18H16F3NO4/c1-2-25-17(24)16(23)9-14-7-8-15(10-22-14)26-11-12-3-5-13(6-4-12)18(19,20)21/h3-10,23H,2,11H2,1H3/b16-9-. The number of hydrogen-bond acceptors (Lipinski definition) is 5. The van der Waals surface area contributed by atoms with E-state index in [9.17, 15) is 23.1 Å². The Morgan fingerprint density at radius 1 is 1.19 bits per heavy atom. The number of alkyl halides is 3. The molecular formula is C18H16F3NO4. The van der Waals surface area contributed by atoms with Crippen LogP contribution in [-0.2, 0) is 22.3 Å². The summed E-state index contributed by atoms with van der Waals surface area (Å²) in [6.07, 6.45) is -1.85. The maximum atomic E-state index is 12.5. The van der Waals surface area contributed by atoms with E-state index in [1.807, 2.05) is 0 Å². The van der Waals surface area contributed by atoms with E-state index in [0.717, 1.165) is 18.2 Å². The number of carbonyl (C=O) groups is 1. The maximum absolute atomic E-state index is 12.5. The summed E-state index contributed by atoms with van der Waals surface area (Å²) in [5, 5.41) is 9.54. The Morgan fingerprint density at radius 3 is 2.42 bits per heavy atom. The lowest BCUT2D eigenvalue weighted by atomic mass is 10.1. The summed E-state index contributed by atoms with van der Waals surface area (Å²) >= 11 is 0. The van der Waals surface area contributed by atoms with Gasteiger partial charge in [0.1, 0.15) is 12.4 Å². The fraction of sp³-hybridized carbons (Fsp3) is 0.222. The van der Waals surface area contributed by atoms with Crippen molar-refractivity contribution in [1.82, 2.24) is 4.98 Å². The lowest BCUT2D eigenvalue weighted by molar-refractivity contribution is -0.141. The second-order valence-electron chi connectivity index (χ2n) is 5.15. The van der Waals surface area contributed by atoms with E-state index < -0.39 is 23.5 Å². The average Bonchev–Trinajstić information content (AvgIpc) is 2.61. The number of benzene rings is 1. The molecule has 1 N–H and O–H groups in total. The molecule has 8 heteroatoms. The van der Waals surface area contributed by atoms with Crippen molar-refractivity contribution in [2.75, 3.05) is 6.61 Å². The molecule has 0 amide bonds. The van der Waals surface area contributed by atoms with E-state index in [-0.39, 0.29) is 13.2 Å². The third kappa shape index (κ3) is 5.51. The van der Waals surface area contributed by atoms with Crippen molar-refractivity contribution >= 4 is 12.0 Å². The normalized spacial score (nSPS) is 11.9. The van der Waals surface area contributed by atoms with Crippen LogP contribution in [0.25, 0.3) is 6.08 Å². The van der Waals surface area contributed by atoms with Gasteiger partial charge in [-0.1, -0.05) is 12.1 Å². The highest BCUT2D eigenvalue weighted by Gasteiger charge is 2.29. The maximum Gasteiger partial charge on any atom is 0.416 e. The lowest BCUT2D eigenvalue weighted by Gasteiger charge is -2.09. The zero-order valence-electron chi connectivity index (χ0n) is 13.8. The monoisotopic (exact) mass is 367 g/mol. The van der Waals surface area contributed by atoms with Gasteiger partial charge in [0, 0.05) is 6.08 Å². The summed E-state index contributed by atoms with van der Waals surface area (Å²) in [4.78, 5) is 15.3. The molecule has 0 aliphatic rings. The molecule has 0 spiro atoms. The van der Waals surface area contributed by atoms with Gasteiger partial charge < -0.3 is 14.6 Å². The number of rotatable bonds is 6. The summed E-state index contributed by atoms with van der Waals surface area (Å²) in [5.74, 6) is -1.03. The van der Waals surface area contributed by atoms with Gasteiger partial charge in [-0.2, -0.15) is 13.2 Å². The number of aromatic nitrogens is 1. The Bertz CT molecular complexity index is 769. The lowest BCUT2D eigenvalue weighted by Crippen LogP contribution is -2.07. The van der Waals surface area contributed by atoms with E-state index in [4.69, 9.17) is 4.74 Å². The first-order valence-electron chi connectivity index (χ1n) is 7.62. The molecule has 0 unspecified atom stereocenters. The Balaban J connectivity index is 1.95. The quantitative estimate of drug-likeness (QED) is 0.472. The summed E-state index contributed by atoms with van der Waals surface area (Å²) in [6, 6.07) is 7.72. The molecule has 0 bridgehead atoms. The molecule has 5 nitrogen and oxygen atoms in total. The Hall–Kier alpha value is -3.03. The van der Waals surface area contributed by atoms with Crippen molar-refractivity contribution in [3.05, 3.63) is 65.2 Å². The van der Waals surface area contributed by atoms with Crippen molar-refractivity contribution < 1.29 is 32.5 Å². The third-order valence-corrected chi connectivity index (χ3v) is 3.22. The topological polar surface area (TPSA) is 68.7 Å². The van der Waals surface area contributed by atoms with Crippen molar-refractivity contribution in [3.8, 4) is 5.75 Å². The number of ether oxygens (including phenoxy) is 2. The van der Waals surface area contributed by atoms with Crippen LogP contribution in [0, 0.1) is 0 Å². The summed E-state index contributed by atoms with van der Waals surface area (Å²) in [6.45, 7) is 1.83. The number of carbonyl (C=O) groups excluding carboxylic acids is 1. The molecule has 0 saturated carbocycles. The molecular weight excluding hydrogens is 351 g/mol. The van der Waals surface area contributed by atoms with Gasteiger partial charge >= 0.3 is 12.1 Å². The molecule has 2 aromatic rings. The molecule has 138 valence electrons. The first-order chi connectivity index (χ1) is 12.3. The zero-order chi connectivity index (χ0) is 19.2. The largest absolute Gasteiger partial charge is 0.502 e. The highest BCUT2D eigenvalue weighted by atomic mass is 19.4. The fourth-order valence-corrected chi connectivity index (χ4v) is 1.92. The van der Waals surface area contributed by atoms with Crippen molar-refractivity contribution in [2.24, 2.45) is 0 Å². The summed E-state index contributed by atoms with van der Waals surface area (Å²) in [7, 11) is 0. The molecule has 0 atom stereocenters. The second-order valence-corrected chi connectivity index (χ2v) is 5.15. The second kappa shape index (κ2) is 8.37. The van der Waals surface area contributed by atoms with E-state index in [1.165, 1.54) is 24.4 Å². The molecule has 0 aliphatic carbocycles. The van der Waals surface area contributed by atoms with Gasteiger partial charge in [-0.3, -0.25) is 4.98 Å². The number of pyridine rings is 1. The molecule has 0 aliphatic heterocycles. The van der Waals surface area contributed by atoms with Crippen LogP contribution in [0.5, 0.6) is 5.75 Å². The van der Waals surface area contributed by atoms with Gasteiger partial charge in [-0.25, -0.2) is 4.79 Å². The van der Waals surface area contributed by atoms with Gasteiger partial charge in [0.15, 0.2) is 0 Å². The average molecular weight is 367 g/mol. The van der Waals surface area contributed by atoms with Crippen LogP contribution in [0.2, 0.25) is 0 Å². The number of aliphatic hydroxyl groups excluding tert-OH is 1. The first-order valence-corrected chi connectivity index (χ1v) is 7.62. The van der Waals surface area contributed by atoms with Gasteiger partial charge in [-0.05, 0) is 36.8 Å². The smallest absolute Gasteiger partial charge is 0.416 e. The number of halogens is 3. The van der Waals surface area contributed by atoms with E-state index in [2.05, 4.69) is 9.72 Å². The fourth-order valence-electron chi connectivity index (χ4n) is 1.92. The summed E-state index contributed by atoms with van der Waals surface area (Å²) < 4.78 is 47.6. The molecule has 26 heavy (non-hydrogen) atoms. The Morgan fingerprint density at radius 2 is 1.88 bits per heavy atom. The van der Waals surface area contributed by atoms with E-state index in [1.54, 1.807) is 13.0 Å². The highest BCUT2D eigenvalue weighted by Crippen LogP contribution is 2.29. The van der Waals surface area contributed by atoms with Crippen LogP contribution >= 0.6 is 0 Å². The van der Waals surface area contributed by atoms with Crippen molar-refractivity contribution in [2.45, 2.75) is 19.7 Å². The van der Waals surface area contributed by atoms with Crippen LogP contribution in [-0.4, -0.2) is 22.7 Å². The minimum Gasteiger partial charge on any atom is -0.502 e. The zero-order valence-corrected chi connectivity index (χ0v) is 13.8. The number of hydrogen-bond donors (Lipinski definition) is 1. The van der Waals surface area contributed by atoms with Crippen molar-refractivity contribution in [3.63, 3.8) is 0 Å². The van der Waals surface area contributed by atoms with Crippen LogP contribution in [0.4, 0.5) is 13.2 Å². The molecule has 2 rings (SSSR count). The Labute approximate surface area is 147 Å². The Kier molecular flexibility index (Phi) is 6.21. The van der Waals surface area contributed by atoms with E-state index in [0.29, 0.717) is 17.0 Å². The van der Waals surface area contributed by atoms with Crippen LogP contribution in [0.15, 0.2) is 48.4 Å². The van der Waals surface area contributed by atoms with Gasteiger partial charge in [0.25, 0.3) is 0 Å². The number of esters is 1. The molecule has 1 heterocycles. The van der Waals surface area contributed by atoms with Gasteiger partial charge in [0.2, 0.25) is 5.76 Å². The minimum atomic E-state index is -4.37. The molecule has 0 fully saturated rings. The highest BCUT2D eigenvalue weighted by molar-refractivity contribution is 5.90. The molecule has 1 aromatic heterocycles. The number of nitrogens with zero attached hydrogens (tertiary/aromatic N) is 1. The van der Waals surface area contributed by atoms with Gasteiger partial charge in [-0.15, -0.1) is 0 Å². The predicted octanol–water partition coefficient (Wildman–Crippen LogP) is 4.14. The summed E-state index contributed by atoms with van der Waals surface area (Å²) in [5.41, 5.74) is 0.167. The van der Waals surface area contributed by atoms with Crippen LogP contribution in [0.1, 0.15) is 23.7 Å². The van der Waals surface area contributed by atoms with E-state index >= 15 is 0 Å². The molecule has 0 saturated heterocycles. The van der Waals surface area contributed by atoms with Crippen molar-refractivity contribution in [1.29, 1.82) is 0 Å². The molecule has 0 radical (unpaired) electrons. The first kappa shape index (κ1) is 19.3. The predicted molar refractivity (Wildman–Crippen MR) is 87.3 cm³/mol. The number of aliphatic hydroxyl groups is 1. The third-order valence-electron chi connectivity index (χ3n) is 3.22. The molecule has 1 aromatic carbocycles. The van der Waals surface area contributed by atoms with Crippen LogP contribution < -0.4 is 4.74 Å².